The average molecular weight is 611 g/mol. The first-order valence-corrected chi connectivity index (χ1v) is 14.3. The molecule has 0 N–H and O–H groups in total. The summed E-state index contributed by atoms with van der Waals surface area (Å²) in [5.41, 5.74) is -1.35. The molecule has 1 aromatic heterocycles. The highest BCUT2D eigenvalue weighted by atomic mass is 79.9. The van der Waals surface area contributed by atoms with Gasteiger partial charge in [0.2, 0.25) is 0 Å². The highest BCUT2D eigenvalue weighted by Gasteiger charge is 2.51. The van der Waals surface area contributed by atoms with E-state index in [1.165, 1.54) is 0 Å². The molecule has 5 heterocycles. The maximum atomic E-state index is 15.3. The first kappa shape index (κ1) is 26.9. The lowest BCUT2D eigenvalue weighted by Gasteiger charge is -2.53. The smallest absolute Gasteiger partial charge is 0.410 e. The molecule has 0 saturated carbocycles. The maximum absolute atomic E-state index is 15.3. The van der Waals surface area contributed by atoms with Crippen molar-refractivity contribution < 1.29 is 27.8 Å². The second-order valence-electron chi connectivity index (χ2n) is 12.2. The molecule has 1 aromatic carbocycles. The monoisotopic (exact) mass is 609 g/mol. The molecule has 12 heteroatoms. The molecule has 1 amide bonds. The van der Waals surface area contributed by atoms with Crippen LogP contribution in [-0.2, 0) is 9.47 Å². The summed E-state index contributed by atoms with van der Waals surface area (Å²) < 4.78 is 47.6. The number of alkyl halides is 1. The predicted molar refractivity (Wildman–Crippen MR) is 144 cm³/mol. The lowest BCUT2D eigenvalue weighted by Crippen LogP contribution is -2.71. The van der Waals surface area contributed by atoms with Gasteiger partial charge in [0.15, 0.2) is 5.82 Å². The number of amides is 1. The van der Waals surface area contributed by atoms with E-state index in [-0.39, 0.29) is 29.8 Å². The Morgan fingerprint density at radius 1 is 1.23 bits per heavy atom. The van der Waals surface area contributed by atoms with Crippen LogP contribution in [0.25, 0.3) is 10.9 Å². The van der Waals surface area contributed by atoms with Crippen molar-refractivity contribution in [2.24, 2.45) is 0 Å². The number of ether oxygens (including phenoxy) is 3. The van der Waals surface area contributed by atoms with Gasteiger partial charge in [0.05, 0.1) is 36.3 Å². The molecule has 4 saturated heterocycles. The van der Waals surface area contributed by atoms with E-state index < -0.39 is 23.2 Å². The standard InChI is InChI=1S/C27H34BrF2N5O4/c1-25(2,3)39-24(36)34-14-27(15-34)13-33(9-10-38-27)22-18-5-6-19(28)20(30)21(18)31-23(32-22)37-16-26-7-4-8-35(26)12-17(29)11-26/h5-6,17H,4,7-16H2,1-3H3/t17-,26+/m1/s1. The molecule has 0 bridgehead atoms. The van der Waals surface area contributed by atoms with Crippen molar-refractivity contribution in [1.82, 2.24) is 19.8 Å². The van der Waals surface area contributed by atoms with E-state index in [9.17, 15) is 9.18 Å². The van der Waals surface area contributed by atoms with Gasteiger partial charge >= 0.3 is 12.1 Å². The van der Waals surface area contributed by atoms with Gasteiger partial charge in [0, 0.05) is 24.9 Å². The largest absolute Gasteiger partial charge is 0.461 e. The van der Waals surface area contributed by atoms with Crippen LogP contribution in [0.5, 0.6) is 6.01 Å². The van der Waals surface area contributed by atoms with Crippen LogP contribution in [-0.4, -0.2) is 101 Å². The molecular formula is C27H34BrF2N5O4. The van der Waals surface area contributed by atoms with Crippen LogP contribution in [0.15, 0.2) is 16.6 Å². The number of likely N-dealkylation sites (tertiary alicyclic amines) is 1. The van der Waals surface area contributed by atoms with Crippen LogP contribution in [0.3, 0.4) is 0 Å². The van der Waals surface area contributed by atoms with Crippen LogP contribution in [0.1, 0.15) is 40.0 Å². The fraction of sp³-hybridized carbons (Fsp3) is 0.667. The van der Waals surface area contributed by atoms with E-state index in [1.54, 1.807) is 17.0 Å². The van der Waals surface area contributed by atoms with E-state index in [0.29, 0.717) is 61.4 Å². The summed E-state index contributed by atoms with van der Waals surface area (Å²) in [5.74, 6) is 0.0597. The summed E-state index contributed by atoms with van der Waals surface area (Å²) in [4.78, 5) is 27.5. The summed E-state index contributed by atoms with van der Waals surface area (Å²) in [5, 5.41) is 0.564. The number of hydrogen-bond donors (Lipinski definition) is 0. The summed E-state index contributed by atoms with van der Waals surface area (Å²) in [6.45, 7) is 9.27. The fourth-order valence-corrected chi connectivity index (χ4v) is 6.70. The van der Waals surface area contributed by atoms with Gasteiger partial charge in [-0.05, 0) is 68.2 Å². The van der Waals surface area contributed by atoms with Gasteiger partial charge in [-0.1, -0.05) is 0 Å². The molecule has 0 unspecified atom stereocenters. The van der Waals surface area contributed by atoms with Gasteiger partial charge in [0.25, 0.3) is 0 Å². The number of nitrogens with zero attached hydrogens (tertiary/aromatic N) is 5. The van der Waals surface area contributed by atoms with E-state index in [1.807, 2.05) is 25.7 Å². The van der Waals surface area contributed by atoms with Gasteiger partial charge in [-0.2, -0.15) is 9.97 Å². The molecule has 4 aliphatic heterocycles. The van der Waals surface area contributed by atoms with Crippen LogP contribution in [0.4, 0.5) is 19.4 Å². The first-order chi connectivity index (χ1) is 18.5. The number of halogens is 3. The molecule has 1 spiro atoms. The zero-order valence-electron chi connectivity index (χ0n) is 22.5. The zero-order valence-corrected chi connectivity index (χ0v) is 24.1. The number of anilines is 1. The number of rotatable bonds is 4. The molecule has 0 aliphatic carbocycles. The van der Waals surface area contributed by atoms with E-state index in [4.69, 9.17) is 19.2 Å². The Morgan fingerprint density at radius 3 is 2.79 bits per heavy atom. The summed E-state index contributed by atoms with van der Waals surface area (Å²) in [7, 11) is 0. The van der Waals surface area contributed by atoms with Gasteiger partial charge in [-0.3, -0.25) is 4.90 Å². The summed E-state index contributed by atoms with van der Waals surface area (Å²) in [6.07, 6.45) is 1.04. The molecule has 0 radical (unpaired) electrons. The van der Waals surface area contributed by atoms with E-state index in [0.717, 1.165) is 19.4 Å². The molecule has 6 rings (SSSR count). The van der Waals surface area contributed by atoms with Gasteiger partial charge in [0.1, 0.15) is 35.3 Å². The van der Waals surface area contributed by atoms with Crippen molar-refractivity contribution >= 4 is 38.7 Å². The minimum Gasteiger partial charge on any atom is -0.461 e. The lowest BCUT2D eigenvalue weighted by atomic mass is 9.92. The quantitative estimate of drug-likeness (QED) is 0.507. The molecule has 4 aliphatic rings. The van der Waals surface area contributed by atoms with E-state index >= 15 is 4.39 Å². The Labute approximate surface area is 234 Å². The molecule has 9 nitrogen and oxygen atoms in total. The highest BCUT2D eigenvalue weighted by molar-refractivity contribution is 9.10. The molecular weight excluding hydrogens is 576 g/mol. The maximum Gasteiger partial charge on any atom is 0.410 e. The molecule has 2 atom stereocenters. The third kappa shape index (κ3) is 5.04. The summed E-state index contributed by atoms with van der Waals surface area (Å²) in [6, 6.07) is 3.51. The van der Waals surface area contributed by atoms with Crippen LogP contribution < -0.4 is 9.64 Å². The Bertz CT molecular complexity index is 1290. The minimum absolute atomic E-state index is 0.0718. The minimum atomic E-state index is -0.873. The van der Waals surface area contributed by atoms with Crippen molar-refractivity contribution in [3.63, 3.8) is 0 Å². The van der Waals surface area contributed by atoms with Crippen LogP contribution in [0, 0.1) is 5.82 Å². The molecule has 212 valence electrons. The third-order valence-corrected chi connectivity index (χ3v) is 8.72. The fourth-order valence-electron chi connectivity index (χ4n) is 6.38. The zero-order chi connectivity index (χ0) is 27.6. The van der Waals surface area contributed by atoms with Crippen molar-refractivity contribution in [3.8, 4) is 6.01 Å². The number of fused-ring (bicyclic) bond motifs is 2. The first-order valence-electron chi connectivity index (χ1n) is 13.5. The Morgan fingerprint density at radius 2 is 2.03 bits per heavy atom. The topological polar surface area (TPSA) is 80.3 Å². The third-order valence-electron chi connectivity index (χ3n) is 8.11. The number of carbonyl (C=O) groups is 1. The Hall–Kier alpha value is -2.31. The van der Waals surface area contributed by atoms with Crippen LogP contribution >= 0.6 is 15.9 Å². The SMILES string of the molecule is CC(C)(C)OC(=O)N1CC2(C1)CN(c1nc(OC[C@@]34CCCN3C[C@H](F)C4)nc3c(F)c(Br)ccc13)CCO2. The van der Waals surface area contributed by atoms with E-state index in [2.05, 4.69) is 25.8 Å². The Balaban J connectivity index is 1.25. The van der Waals surface area contributed by atoms with Gasteiger partial charge in [-0.15, -0.1) is 0 Å². The predicted octanol–water partition coefficient (Wildman–Crippen LogP) is 4.31. The number of benzene rings is 1. The molecule has 39 heavy (non-hydrogen) atoms. The van der Waals surface area contributed by atoms with Gasteiger partial charge in [-0.25, -0.2) is 13.6 Å². The average Bonchev–Trinajstić information content (AvgIpc) is 3.38. The van der Waals surface area contributed by atoms with Gasteiger partial charge < -0.3 is 24.0 Å². The number of hydrogen-bond acceptors (Lipinski definition) is 8. The van der Waals surface area contributed by atoms with Crippen molar-refractivity contribution in [3.05, 3.63) is 22.4 Å². The lowest BCUT2D eigenvalue weighted by molar-refractivity contribution is -0.144. The molecule has 4 fully saturated rings. The highest BCUT2D eigenvalue weighted by Crippen LogP contribution is 2.41. The second-order valence-corrected chi connectivity index (χ2v) is 13.1. The number of morpholine rings is 1. The van der Waals surface area contributed by atoms with Crippen LogP contribution in [0.2, 0.25) is 0 Å². The van der Waals surface area contributed by atoms with Crippen molar-refractivity contribution in [2.75, 3.05) is 57.4 Å². The summed E-state index contributed by atoms with van der Waals surface area (Å²) >= 11 is 3.27. The number of aromatic nitrogens is 2. The second kappa shape index (κ2) is 9.66. The normalized spacial score (nSPS) is 26.7. The van der Waals surface area contributed by atoms with Crippen molar-refractivity contribution in [1.29, 1.82) is 0 Å². The number of carbonyl (C=O) groups excluding carboxylic acids is 1. The van der Waals surface area contributed by atoms with Crippen molar-refractivity contribution in [2.45, 2.75) is 62.9 Å². The molecule has 2 aromatic rings. The Kier molecular flexibility index (Phi) is 6.66.